The minimum atomic E-state index is -0.164. The number of aryl methyl sites for hydroxylation is 1. The van der Waals surface area contributed by atoms with Crippen molar-refractivity contribution < 1.29 is 9.13 Å². The first-order valence-corrected chi connectivity index (χ1v) is 6.25. The van der Waals surface area contributed by atoms with Crippen LogP contribution in [0.2, 0.25) is 0 Å². The first kappa shape index (κ1) is 12.4. The predicted molar refractivity (Wildman–Crippen MR) is 66.9 cm³/mol. The molecular weight excluding hydrogens is 217 g/mol. The van der Waals surface area contributed by atoms with Gasteiger partial charge in [0.15, 0.2) is 0 Å². The highest BCUT2D eigenvalue weighted by molar-refractivity contribution is 5.40. The van der Waals surface area contributed by atoms with E-state index in [1.807, 2.05) is 20.0 Å². The fourth-order valence-electron chi connectivity index (χ4n) is 1.93. The van der Waals surface area contributed by atoms with Gasteiger partial charge in [-0.05, 0) is 57.9 Å². The summed E-state index contributed by atoms with van der Waals surface area (Å²) in [4.78, 5) is 0. The van der Waals surface area contributed by atoms with Crippen molar-refractivity contribution in [2.75, 3.05) is 7.05 Å². The van der Waals surface area contributed by atoms with Crippen molar-refractivity contribution in [3.8, 4) is 5.75 Å². The van der Waals surface area contributed by atoms with Gasteiger partial charge < -0.3 is 10.1 Å². The third-order valence-electron chi connectivity index (χ3n) is 3.54. The molecule has 0 saturated heterocycles. The maximum Gasteiger partial charge on any atom is 0.126 e. The van der Waals surface area contributed by atoms with Gasteiger partial charge in [0.2, 0.25) is 0 Å². The van der Waals surface area contributed by atoms with E-state index < -0.39 is 0 Å². The fourth-order valence-corrected chi connectivity index (χ4v) is 1.93. The van der Waals surface area contributed by atoms with Crippen LogP contribution in [0.25, 0.3) is 0 Å². The average molecular weight is 237 g/mol. The zero-order valence-electron chi connectivity index (χ0n) is 10.7. The fraction of sp³-hybridized carbons (Fsp3) is 0.571. The molecule has 1 N–H and O–H groups in total. The molecule has 1 aromatic carbocycles. The molecule has 0 aromatic heterocycles. The lowest BCUT2D eigenvalue weighted by Gasteiger charge is -2.28. The highest BCUT2D eigenvalue weighted by Crippen LogP contribution is 2.32. The van der Waals surface area contributed by atoms with Gasteiger partial charge in [-0.3, -0.25) is 0 Å². The number of hydrogen-bond acceptors (Lipinski definition) is 2. The van der Waals surface area contributed by atoms with Crippen molar-refractivity contribution in [1.82, 2.24) is 5.32 Å². The SMILES string of the molecule is CNC(C)c1cc(F)c(C)cc1OC1CCC1. The molecule has 2 nitrogen and oxygen atoms in total. The van der Waals surface area contributed by atoms with E-state index in [9.17, 15) is 4.39 Å². The van der Waals surface area contributed by atoms with Crippen LogP contribution in [-0.4, -0.2) is 13.2 Å². The van der Waals surface area contributed by atoms with Crippen molar-refractivity contribution in [2.24, 2.45) is 0 Å². The summed E-state index contributed by atoms with van der Waals surface area (Å²) >= 11 is 0. The van der Waals surface area contributed by atoms with Crippen LogP contribution >= 0.6 is 0 Å². The molecule has 1 aliphatic carbocycles. The molecule has 1 aromatic rings. The number of halogens is 1. The molecule has 1 atom stereocenters. The highest BCUT2D eigenvalue weighted by Gasteiger charge is 2.22. The summed E-state index contributed by atoms with van der Waals surface area (Å²) in [6.07, 6.45) is 3.79. The van der Waals surface area contributed by atoms with Gasteiger partial charge in [-0.15, -0.1) is 0 Å². The molecule has 0 bridgehead atoms. The lowest BCUT2D eigenvalue weighted by Crippen LogP contribution is -2.26. The number of ether oxygens (including phenoxy) is 1. The van der Waals surface area contributed by atoms with Crippen molar-refractivity contribution >= 4 is 0 Å². The van der Waals surface area contributed by atoms with Gasteiger partial charge in [-0.25, -0.2) is 4.39 Å². The van der Waals surface area contributed by atoms with Gasteiger partial charge in [-0.1, -0.05) is 0 Å². The Bertz CT molecular complexity index is 401. The van der Waals surface area contributed by atoms with E-state index >= 15 is 0 Å². The maximum absolute atomic E-state index is 13.6. The number of rotatable bonds is 4. The Morgan fingerprint density at radius 3 is 2.65 bits per heavy atom. The van der Waals surface area contributed by atoms with E-state index in [2.05, 4.69) is 5.32 Å². The second kappa shape index (κ2) is 5.05. The lowest BCUT2D eigenvalue weighted by molar-refractivity contribution is 0.118. The molecule has 0 spiro atoms. The monoisotopic (exact) mass is 237 g/mol. The Labute approximate surface area is 102 Å². The molecule has 0 radical (unpaired) electrons. The Morgan fingerprint density at radius 1 is 1.41 bits per heavy atom. The van der Waals surface area contributed by atoms with Crippen LogP contribution in [0.4, 0.5) is 4.39 Å². The van der Waals surface area contributed by atoms with Crippen LogP contribution in [0.1, 0.15) is 43.4 Å². The minimum absolute atomic E-state index is 0.0974. The van der Waals surface area contributed by atoms with Crippen molar-refractivity contribution in [2.45, 2.75) is 45.3 Å². The number of nitrogens with one attached hydrogen (secondary N) is 1. The van der Waals surface area contributed by atoms with Crippen LogP contribution in [0.15, 0.2) is 12.1 Å². The van der Waals surface area contributed by atoms with E-state index in [1.54, 1.807) is 13.0 Å². The third kappa shape index (κ3) is 2.60. The van der Waals surface area contributed by atoms with E-state index in [-0.39, 0.29) is 11.9 Å². The zero-order valence-corrected chi connectivity index (χ0v) is 10.7. The first-order valence-electron chi connectivity index (χ1n) is 6.25. The van der Waals surface area contributed by atoms with Crippen molar-refractivity contribution in [1.29, 1.82) is 0 Å². The second-order valence-corrected chi connectivity index (χ2v) is 4.82. The quantitative estimate of drug-likeness (QED) is 0.867. The Kier molecular flexibility index (Phi) is 3.67. The summed E-state index contributed by atoms with van der Waals surface area (Å²) in [5.74, 6) is 0.665. The van der Waals surface area contributed by atoms with Crippen molar-refractivity contribution in [3.05, 3.63) is 29.1 Å². The van der Waals surface area contributed by atoms with Gasteiger partial charge in [0.25, 0.3) is 0 Å². The summed E-state index contributed by atoms with van der Waals surface area (Å²) in [6.45, 7) is 3.79. The second-order valence-electron chi connectivity index (χ2n) is 4.82. The lowest BCUT2D eigenvalue weighted by atomic mass is 9.95. The Morgan fingerprint density at radius 2 is 2.12 bits per heavy atom. The molecular formula is C14H20FNO. The number of hydrogen-bond donors (Lipinski definition) is 1. The van der Waals surface area contributed by atoms with E-state index in [0.29, 0.717) is 11.7 Å². The van der Waals surface area contributed by atoms with Crippen LogP contribution in [-0.2, 0) is 0 Å². The summed E-state index contributed by atoms with van der Waals surface area (Å²) in [7, 11) is 1.87. The van der Waals surface area contributed by atoms with Crippen LogP contribution in [0.3, 0.4) is 0 Å². The maximum atomic E-state index is 13.6. The van der Waals surface area contributed by atoms with E-state index in [0.717, 1.165) is 24.2 Å². The highest BCUT2D eigenvalue weighted by atomic mass is 19.1. The zero-order chi connectivity index (χ0) is 12.4. The molecule has 2 rings (SSSR count). The molecule has 0 heterocycles. The summed E-state index contributed by atoms with van der Waals surface area (Å²) in [6, 6.07) is 3.50. The smallest absolute Gasteiger partial charge is 0.126 e. The summed E-state index contributed by atoms with van der Waals surface area (Å²) in [5.41, 5.74) is 1.55. The molecule has 0 aliphatic heterocycles. The number of benzene rings is 1. The van der Waals surface area contributed by atoms with Gasteiger partial charge in [-0.2, -0.15) is 0 Å². The predicted octanol–water partition coefficient (Wildman–Crippen LogP) is 3.35. The van der Waals surface area contributed by atoms with Crippen molar-refractivity contribution in [3.63, 3.8) is 0 Å². The van der Waals surface area contributed by atoms with Crippen LogP contribution in [0.5, 0.6) is 5.75 Å². The Balaban J connectivity index is 2.28. The molecule has 3 heteroatoms. The largest absolute Gasteiger partial charge is 0.490 e. The van der Waals surface area contributed by atoms with Crippen LogP contribution in [0, 0.1) is 12.7 Å². The molecule has 17 heavy (non-hydrogen) atoms. The molecule has 0 amide bonds. The first-order chi connectivity index (χ1) is 8.11. The van der Waals surface area contributed by atoms with Crippen LogP contribution < -0.4 is 10.1 Å². The van der Waals surface area contributed by atoms with Gasteiger partial charge in [0.05, 0.1) is 6.10 Å². The van der Waals surface area contributed by atoms with E-state index in [1.165, 1.54) is 6.42 Å². The van der Waals surface area contributed by atoms with E-state index in [4.69, 9.17) is 4.74 Å². The molecule has 1 unspecified atom stereocenters. The molecule has 1 aliphatic rings. The normalized spacial score (nSPS) is 17.6. The standard InChI is InChI=1S/C14H20FNO/c1-9-7-14(17-11-5-4-6-11)12(8-13(9)15)10(2)16-3/h7-8,10-11,16H,4-6H2,1-3H3. The molecule has 94 valence electrons. The Hall–Kier alpha value is -1.09. The summed E-state index contributed by atoms with van der Waals surface area (Å²) in [5, 5.41) is 3.13. The van der Waals surface area contributed by atoms with Gasteiger partial charge >= 0.3 is 0 Å². The third-order valence-corrected chi connectivity index (χ3v) is 3.54. The molecule has 1 fully saturated rings. The molecule has 1 saturated carbocycles. The summed E-state index contributed by atoms with van der Waals surface area (Å²) < 4.78 is 19.5. The average Bonchev–Trinajstić information content (AvgIpc) is 2.26. The van der Waals surface area contributed by atoms with Gasteiger partial charge in [0, 0.05) is 11.6 Å². The topological polar surface area (TPSA) is 21.3 Å². The van der Waals surface area contributed by atoms with Gasteiger partial charge in [0.1, 0.15) is 11.6 Å². The minimum Gasteiger partial charge on any atom is -0.490 e.